The molecule has 19 heavy (non-hydrogen) atoms. The molecule has 1 saturated heterocycles. The minimum absolute atomic E-state index is 0.331. The van der Waals surface area contributed by atoms with Crippen molar-refractivity contribution in [3.05, 3.63) is 40.6 Å². The van der Waals surface area contributed by atoms with Crippen LogP contribution in [0.3, 0.4) is 0 Å². The fraction of sp³-hybridized carbons (Fsp3) is 0.357. The van der Waals surface area contributed by atoms with Crippen molar-refractivity contribution in [3.8, 4) is 11.4 Å². The summed E-state index contributed by atoms with van der Waals surface area (Å²) in [5, 5.41) is 1.25. The molecule has 0 aliphatic carbocycles. The van der Waals surface area contributed by atoms with Gasteiger partial charge in [0.25, 0.3) is 0 Å². The summed E-state index contributed by atoms with van der Waals surface area (Å²) in [5.74, 6) is 0.872. The van der Waals surface area contributed by atoms with E-state index in [-0.39, 0.29) is 0 Å². The van der Waals surface area contributed by atoms with Crippen molar-refractivity contribution in [2.24, 2.45) is 0 Å². The molecule has 0 bridgehead atoms. The van der Waals surface area contributed by atoms with E-state index in [0.29, 0.717) is 16.1 Å². The van der Waals surface area contributed by atoms with Gasteiger partial charge in [0.15, 0.2) is 0 Å². The van der Waals surface area contributed by atoms with Crippen LogP contribution in [-0.4, -0.2) is 22.8 Å². The summed E-state index contributed by atoms with van der Waals surface area (Å²) in [4.78, 5) is 4.43. The number of imidazole rings is 1. The second-order valence-corrected chi connectivity index (χ2v) is 5.50. The Hall–Kier alpha value is -1.03. The van der Waals surface area contributed by atoms with E-state index in [9.17, 15) is 0 Å². The zero-order valence-corrected chi connectivity index (χ0v) is 11.9. The standard InChI is InChI=1S/C14H14Cl2N2O/c15-10-3-4-12(13(16)8-10)14-17-5-6-18(14)11-2-1-7-19-9-11/h3-6,8,11H,1-2,7,9H2/t11-/m1/s1. The minimum atomic E-state index is 0.331. The van der Waals surface area contributed by atoms with Crippen LogP contribution in [0.15, 0.2) is 30.6 Å². The highest BCUT2D eigenvalue weighted by molar-refractivity contribution is 6.36. The smallest absolute Gasteiger partial charge is 0.141 e. The molecule has 2 heterocycles. The van der Waals surface area contributed by atoms with Crippen LogP contribution in [-0.2, 0) is 4.74 Å². The van der Waals surface area contributed by atoms with Crippen molar-refractivity contribution >= 4 is 23.2 Å². The van der Waals surface area contributed by atoms with Gasteiger partial charge < -0.3 is 9.30 Å². The summed E-state index contributed by atoms with van der Waals surface area (Å²) in [6.07, 6.45) is 5.97. The molecule has 3 rings (SSSR count). The van der Waals surface area contributed by atoms with E-state index < -0.39 is 0 Å². The van der Waals surface area contributed by atoms with Crippen LogP contribution in [0.1, 0.15) is 18.9 Å². The number of aromatic nitrogens is 2. The molecule has 1 aliphatic heterocycles. The largest absolute Gasteiger partial charge is 0.379 e. The van der Waals surface area contributed by atoms with E-state index in [0.717, 1.165) is 37.4 Å². The molecule has 0 radical (unpaired) electrons. The number of hydrogen-bond acceptors (Lipinski definition) is 2. The topological polar surface area (TPSA) is 27.1 Å². The second kappa shape index (κ2) is 5.53. The molecule has 5 heteroatoms. The molecule has 0 spiro atoms. The van der Waals surface area contributed by atoms with Crippen LogP contribution in [0.2, 0.25) is 10.0 Å². The lowest BCUT2D eigenvalue weighted by Crippen LogP contribution is -2.21. The number of hydrogen-bond donors (Lipinski definition) is 0. The maximum atomic E-state index is 6.26. The third-order valence-electron chi connectivity index (χ3n) is 3.37. The van der Waals surface area contributed by atoms with Crippen molar-refractivity contribution in [2.45, 2.75) is 18.9 Å². The van der Waals surface area contributed by atoms with Gasteiger partial charge in [-0.15, -0.1) is 0 Å². The molecular formula is C14H14Cl2N2O. The normalized spacial score (nSPS) is 19.6. The van der Waals surface area contributed by atoms with Gasteiger partial charge in [0.2, 0.25) is 0 Å². The molecular weight excluding hydrogens is 283 g/mol. The van der Waals surface area contributed by atoms with Crippen LogP contribution in [0.25, 0.3) is 11.4 Å². The van der Waals surface area contributed by atoms with E-state index in [4.69, 9.17) is 27.9 Å². The third kappa shape index (κ3) is 2.64. The zero-order chi connectivity index (χ0) is 13.2. The first-order valence-corrected chi connectivity index (χ1v) is 7.07. The molecule has 1 fully saturated rings. The number of benzene rings is 1. The molecule has 100 valence electrons. The quantitative estimate of drug-likeness (QED) is 0.830. The molecule has 0 amide bonds. The summed E-state index contributed by atoms with van der Waals surface area (Å²) < 4.78 is 7.69. The molecule has 1 aliphatic rings. The van der Waals surface area contributed by atoms with Gasteiger partial charge in [0.05, 0.1) is 17.7 Å². The van der Waals surface area contributed by atoms with Crippen LogP contribution < -0.4 is 0 Å². The fourth-order valence-corrected chi connectivity index (χ4v) is 2.92. The molecule has 1 aromatic heterocycles. The van der Waals surface area contributed by atoms with Crippen molar-refractivity contribution in [1.29, 1.82) is 0 Å². The van der Waals surface area contributed by atoms with Gasteiger partial charge in [0, 0.05) is 29.6 Å². The highest BCUT2D eigenvalue weighted by Crippen LogP contribution is 2.32. The van der Waals surface area contributed by atoms with Gasteiger partial charge in [-0.1, -0.05) is 23.2 Å². The van der Waals surface area contributed by atoms with Gasteiger partial charge in [0.1, 0.15) is 5.82 Å². The summed E-state index contributed by atoms with van der Waals surface area (Å²) >= 11 is 12.2. The first kappa shape index (κ1) is 13.0. The first-order valence-electron chi connectivity index (χ1n) is 6.31. The SMILES string of the molecule is Clc1ccc(-c2nccn2[C@@H]2CCCOC2)c(Cl)c1. The van der Waals surface area contributed by atoms with Crippen LogP contribution in [0.5, 0.6) is 0 Å². The van der Waals surface area contributed by atoms with E-state index in [1.807, 2.05) is 18.3 Å². The first-order chi connectivity index (χ1) is 9.25. The summed E-state index contributed by atoms with van der Waals surface area (Å²) in [6.45, 7) is 1.58. The molecule has 1 atom stereocenters. The van der Waals surface area contributed by atoms with Gasteiger partial charge in [-0.3, -0.25) is 0 Å². The van der Waals surface area contributed by atoms with Gasteiger partial charge in [-0.2, -0.15) is 0 Å². The van der Waals surface area contributed by atoms with E-state index >= 15 is 0 Å². The zero-order valence-electron chi connectivity index (χ0n) is 10.4. The van der Waals surface area contributed by atoms with Gasteiger partial charge in [-0.25, -0.2) is 4.98 Å². The predicted molar refractivity (Wildman–Crippen MR) is 76.8 cm³/mol. The van der Waals surface area contributed by atoms with Gasteiger partial charge >= 0.3 is 0 Å². The summed E-state index contributed by atoms with van der Waals surface area (Å²) in [7, 11) is 0. The average molecular weight is 297 g/mol. The average Bonchev–Trinajstić information content (AvgIpc) is 2.89. The van der Waals surface area contributed by atoms with Crippen molar-refractivity contribution in [2.75, 3.05) is 13.2 Å². The molecule has 2 aromatic rings. The van der Waals surface area contributed by atoms with Crippen molar-refractivity contribution in [3.63, 3.8) is 0 Å². The number of ether oxygens (including phenoxy) is 1. The Morgan fingerprint density at radius 1 is 1.32 bits per heavy atom. The number of halogens is 2. The third-order valence-corrected chi connectivity index (χ3v) is 3.92. The van der Waals surface area contributed by atoms with Crippen LogP contribution >= 0.6 is 23.2 Å². The monoisotopic (exact) mass is 296 g/mol. The Bertz CT molecular complexity index is 577. The van der Waals surface area contributed by atoms with Gasteiger partial charge in [-0.05, 0) is 31.0 Å². The Morgan fingerprint density at radius 2 is 2.21 bits per heavy atom. The van der Waals surface area contributed by atoms with E-state index in [1.165, 1.54) is 0 Å². The Kier molecular flexibility index (Phi) is 3.78. The fourth-order valence-electron chi connectivity index (χ4n) is 2.43. The number of nitrogens with zero attached hydrogens (tertiary/aromatic N) is 2. The Labute approximate surface area is 122 Å². The molecule has 3 nitrogen and oxygen atoms in total. The minimum Gasteiger partial charge on any atom is -0.379 e. The molecule has 0 saturated carbocycles. The molecule has 0 N–H and O–H groups in total. The van der Waals surface area contributed by atoms with E-state index in [2.05, 4.69) is 9.55 Å². The maximum Gasteiger partial charge on any atom is 0.141 e. The lowest BCUT2D eigenvalue weighted by atomic mass is 10.1. The molecule has 0 unspecified atom stereocenters. The summed E-state index contributed by atoms with van der Waals surface area (Å²) in [5.41, 5.74) is 0.904. The lowest BCUT2D eigenvalue weighted by Gasteiger charge is -2.25. The Morgan fingerprint density at radius 3 is 2.95 bits per heavy atom. The predicted octanol–water partition coefficient (Wildman–Crippen LogP) is 4.21. The lowest BCUT2D eigenvalue weighted by molar-refractivity contribution is 0.0597. The van der Waals surface area contributed by atoms with Crippen LogP contribution in [0.4, 0.5) is 0 Å². The van der Waals surface area contributed by atoms with Crippen LogP contribution in [0, 0.1) is 0 Å². The second-order valence-electron chi connectivity index (χ2n) is 4.65. The highest BCUT2D eigenvalue weighted by atomic mass is 35.5. The molecule has 1 aromatic carbocycles. The Balaban J connectivity index is 1.99. The maximum absolute atomic E-state index is 6.26. The van der Waals surface area contributed by atoms with Crippen molar-refractivity contribution in [1.82, 2.24) is 9.55 Å². The highest BCUT2D eigenvalue weighted by Gasteiger charge is 2.20. The van der Waals surface area contributed by atoms with Crippen molar-refractivity contribution < 1.29 is 4.74 Å². The van der Waals surface area contributed by atoms with E-state index in [1.54, 1.807) is 12.3 Å². The number of rotatable bonds is 2. The summed E-state index contributed by atoms with van der Waals surface area (Å²) in [6, 6.07) is 5.82.